The maximum absolute atomic E-state index is 13.8. The largest absolute Gasteiger partial charge is 0.733 e. The zero-order valence-corrected chi connectivity index (χ0v) is 17.7. The minimum Gasteiger partial charge on any atom is -0.733 e. The van der Waals surface area contributed by atoms with Crippen LogP contribution in [0.25, 0.3) is 0 Å². The van der Waals surface area contributed by atoms with Crippen LogP contribution < -0.4 is 10.1 Å². The number of halogens is 1. The Bertz CT molecular complexity index is 1230. The number of benzene rings is 3. The van der Waals surface area contributed by atoms with Crippen molar-refractivity contribution in [3.8, 4) is 0 Å². The molecule has 3 aliphatic carbocycles. The highest BCUT2D eigenvalue weighted by Gasteiger charge is 2.67. The molecule has 2 bridgehead atoms. The molecule has 154 valence electrons. The number of para-hydroxylation sites is 2. The summed E-state index contributed by atoms with van der Waals surface area (Å²) in [4.78, 5) is 28.6. The van der Waals surface area contributed by atoms with Crippen LogP contribution in [0.1, 0.15) is 28.2 Å². The number of imide groups is 1. The Morgan fingerprint density at radius 3 is 2.03 bits per heavy atom. The number of carbonyl (C=O) groups is 2. The van der Waals surface area contributed by atoms with Gasteiger partial charge in [0.1, 0.15) is 0 Å². The van der Waals surface area contributed by atoms with E-state index in [1.54, 1.807) is 12.1 Å². The molecule has 2 amide bonds. The van der Waals surface area contributed by atoms with Crippen LogP contribution >= 0.6 is 15.9 Å². The predicted molar refractivity (Wildman–Crippen MR) is 118 cm³/mol. The van der Waals surface area contributed by atoms with Gasteiger partial charge < -0.3 is 10.4 Å². The van der Waals surface area contributed by atoms with E-state index in [-0.39, 0.29) is 34.3 Å². The van der Waals surface area contributed by atoms with E-state index in [0.29, 0.717) is 0 Å². The number of alkyl halides is 1. The molecule has 6 nitrogen and oxygen atoms in total. The van der Waals surface area contributed by atoms with Crippen molar-refractivity contribution in [3.63, 3.8) is 0 Å². The second kappa shape index (κ2) is 6.26. The molecule has 0 radical (unpaired) electrons. The average molecular weight is 476 g/mol. The molecule has 1 aliphatic heterocycles. The lowest BCUT2D eigenvalue weighted by atomic mass is 9.55. The molecule has 0 spiro atoms. The van der Waals surface area contributed by atoms with Gasteiger partial charge in [0.2, 0.25) is 11.8 Å². The molecular formula is C24H16BrN2O4-. The van der Waals surface area contributed by atoms with Crippen molar-refractivity contribution in [2.45, 2.75) is 10.2 Å². The van der Waals surface area contributed by atoms with Gasteiger partial charge in [0, 0.05) is 5.92 Å². The van der Waals surface area contributed by atoms with Gasteiger partial charge >= 0.3 is 0 Å². The molecule has 0 aromatic heterocycles. The number of rotatable bonds is 2. The summed E-state index contributed by atoms with van der Waals surface area (Å²) >= 11 is 3.93. The minimum absolute atomic E-state index is 0.0908. The van der Waals surface area contributed by atoms with Gasteiger partial charge in [-0.2, -0.15) is 0 Å². The van der Waals surface area contributed by atoms with Gasteiger partial charge in [-0.15, -0.1) is 0 Å². The summed E-state index contributed by atoms with van der Waals surface area (Å²) in [5.74, 6) is -2.27. The molecule has 7 rings (SSSR count). The van der Waals surface area contributed by atoms with E-state index < -0.39 is 16.2 Å². The molecule has 3 aromatic rings. The van der Waals surface area contributed by atoms with Crippen LogP contribution in [0.2, 0.25) is 0 Å². The molecule has 1 heterocycles. The van der Waals surface area contributed by atoms with Crippen molar-refractivity contribution in [2.24, 2.45) is 11.8 Å². The molecule has 2 atom stereocenters. The number of carbonyl (C=O) groups excluding carboxylic acids is 2. The molecule has 31 heavy (non-hydrogen) atoms. The van der Waals surface area contributed by atoms with E-state index in [2.05, 4.69) is 15.9 Å². The zero-order valence-electron chi connectivity index (χ0n) is 16.1. The number of hydrogen-bond acceptors (Lipinski definition) is 5. The first-order valence-corrected chi connectivity index (χ1v) is 10.8. The summed E-state index contributed by atoms with van der Waals surface area (Å²) in [6.45, 7) is 0. The molecular weight excluding hydrogens is 460 g/mol. The highest BCUT2D eigenvalue weighted by Crippen LogP contribution is 2.66. The number of amides is 2. The third kappa shape index (κ3) is 2.18. The van der Waals surface area contributed by atoms with Gasteiger partial charge in [-0.25, -0.2) is 4.90 Å². The third-order valence-corrected chi connectivity index (χ3v) is 8.19. The average Bonchev–Trinajstić information content (AvgIpc) is 3.05. The second-order valence-corrected chi connectivity index (χ2v) is 9.39. The summed E-state index contributed by atoms with van der Waals surface area (Å²) in [5, 5.41) is 21.0. The quantitative estimate of drug-likeness (QED) is 0.339. The van der Waals surface area contributed by atoms with E-state index in [1.165, 1.54) is 12.1 Å². The third-order valence-electron chi connectivity index (χ3n) is 6.84. The first-order chi connectivity index (χ1) is 15.0. The highest BCUT2D eigenvalue weighted by molar-refractivity contribution is 9.09. The molecule has 7 heteroatoms. The van der Waals surface area contributed by atoms with Gasteiger partial charge in [0.05, 0.1) is 27.5 Å². The summed E-state index contributed by atoms with van der Waals surface area (Å²) in [7, 11) is 0. The van der Waals surface area contributed by atoms with E-state index in [0.717, 1.165) is 27.2 Å². The van der Waals surface area contributed by atoms with E-state index >= 15 is 0 Å². The van der Waals surface area contributed by atoms with Crippen LogP contribution in [0, 0.1) is 17.0 Å². The zero-order chi connectivity index (χ0) is 21.5. The van der Waals surface area contributed by atoms with Crippen molar-refractivity contribution in [1.29, 1.82) is 0 Å². The highest BCUT2D eigenvalue weighted by atomic mass is 79.9. The molecule has 0 unspecified atom stereocenters. The summed E-state index contributed by atoms with van der Waals surface area (Å²) in [6.07, 6.45) is 0. The lowest BCUT2D eigenvalue weighted by Crippen LogP contribution is -2.50. The fourth-order valence-corrected chi connectivity index (χ4v) is 6.93. The Hall–Kier alpha value is -3.00. The fraction of sp³-hybridized carbons (Fsp3) is 0.167. The predicted octanol–water partition coefficient (Wildman–Crippen LogP) is 4.28. The van der Waals surface area contributed by atoms with Gasteiger partial charge in [-0.1, -0.05) is 76.6 Å². The normalized spacial score (nSPS) is 27.7. The Morgan fingerprint density at radius 1 is 0.871 bits per heavy atom. The molecule has 1 N–H and O–H groups in total. The van der Waals surface area contributed by atoms with Crippen LogP contribution in [0.3, 0.4) is 0 Å². The number of nitrogens with zero attached hydrogens (tertiary/aromatic N) is 2. The summed E-state index contributed by atoms with van der Waals surface area (Å²) < 4.78 is -0.855. The van der Waals surface area contributed by atoms with Crippen molar-refractivity contribution < 1.29 is 14.8 Å². The van der Waals surface area contributed by atoms with Gasteiger partial charge in [0.15, 0.2) is 0 Å². The maximum Gasteiger partial charge on any atom is 0.239 e. The number of anilines is 2. The smallest absolute Gasteiger partial charge is 0.239 e. The maximum atomic E-state index is 13.8. The molecule has 4 aliphatic rings. The Kier molecular flexibility index (Phi) is 3.78. The minimum atomic E-state index is -0.855. The lowest BCUT2D eigenvalue weighted by molar-refractivity contribution is -0.122. The first-order valence-electron chi connectivity index (χ1n) is 9.97. The van der Waals surface area contributed by atoms with Crippen molar-refractivity contribution in [1.82, 2.24) is 0 Å². The molecule has 3 aromatic carbocycles. The van der Waals surface area contributed by atoms with Crippen LogP contribution in [-0.2, 0) is 13.9 Å². The second-order valence-electron chi connectivity index (χ2n) is 8.14. The van der Waals surface area contributed by atoms with Gasteiger partial charge in [-0.05, 0) is 34.4 Å². The summed E-state index contributed by atoms with van der Waals surface area (Å²) in [6, 6.07) is 21.9. The topological polar surface area (TPSA) is 83.9 Å². The van der Waals surface area contributed by atoms with Crippen molar-refractivity contribution >= 4 is 39.1 Å². The van der Waals surface area contributed by atoms with E-state index in [1.807, 2.05) is 48.5 Å². The van der Waals surface area contributed by atoms with Crippen LogP contribution in [0.15, 0.2) is 72.8 Å². The van der Waals surface area contributed by atoms with Crippen LogP contribution in [0.4, 0.5) is 11.4 Å². The summed E-state index contributed by atoms with van der Waals surface area (Å²) in [5.41, 5.74) is 3.99. The lowest BCUT2D eigenvalue weighted by Gasteiger charge is -2.51. The molecule has 1 saturated heterocycles. The Balaban J connectivity index is 1.61. The number of hydrogen-bond donors (Lipinski definition) is 1. The van der Waals surface area contributed by atoms with Crippen molar-refractivity contribution in [3.05, 3.63) is 100 Å². The molecule has 1 fully saturated rings. The van der Waals surface area contributed by atoms with Gasteiger partial charge in [0.25, 0.3) is 0 Å². The van der Waals surface area contributed by atoms with E-state index in [9.17, 15) is 20.0 Å². The standard InChI is InChI=1S/C24H16BrN2O4/c25-24-15-9-3-1-7-13(15)19(14-8-2-4-10-16(14)24)20-21(24)23(29)26(22(20)28)17-11-5-6-12-18(17)27(30)31/h1-12,19-21,30H/q-1/t19?,20-,21+,24?/m1/s1. The Morgan fingerprint density at radius 2 is 1.42 bits per heavy atom. The fourth-order valence-electron chi connectivity index (χ4n) is 5.73. The van der Waals surface area contributed by atoms with Crippen LogP contribution in [0.5, 0.6) is 0 Å². The van der Waals surface area contributed by atoms with Crippen LogP contribution in [-0.4, -0.2) is 17.0 Å². The Labute approximate surface area is 186 Å². The molecule has 0 saturated carbocycles. The first kappa shape index (κ1) is 18.7. The monoisotopic (exact) mass is 475 g/mol. The van der Waals surface area contributed by atoms with Crippen molar-refractivity contribution in [2.75, 3.05) is 10.1 Å². The van der Waals surface area contributed by atoms with E-state index in [4.69, 9.17) is 0 Å². The van der Waals surface area contributed by atoms with Gasteiger partial charge in [-0.3, -0.25) is 14.8 Å². The SMILES string of the molecule is O=C1[C@@H]2C3c4ccccc4C(Br)(c4ccccc43)[C@@H]2C(=O)N1c1ccccc1N([O-])O.